The summed E-state index contributed by atoms with van der Waals surface area (Å²) in [5, 5.41) is 8.46. The van der Waals surface area contributed by atoms with Crippen molar-refractivity contribution >= 4 is 17.5 Å². The summed E-state index contributed by atoms with van der Waals surface area (Å²) >= 11 is 1.25. The highest BCUT2D eigenvalue weighted by Crippen LogP contribution is 2.26. The zero-order chi connectivity index (χ0) is 20.5. The van der Waals surface area contributed by atoms with Crippen molar-refractivity contribution in [3.63, 3.8) is 0 Å². The van der Waals surface area contributed by atoms with Crippen molar-refractivity contribution in [2.45, 2.75) is 51.8 Å². The van der Waals surface area contributed by atoms with E-state index in [0.29, 0.717) is 23.2 Å². The Balaban J connectivity index is 1.70. The molecule has 0 aliphatic carbocycles. The highest BCUT2D eigenvalue weighted by molar-refractivity contribution is 7.99. The van der Waals surface area contributed by atoms with Crippen LogP contribution in [0.15, 0.2) is 40.0 Å². The van der Waals surface area contributed by atoms with Gasteiger partial charge >= 0.3 is 0 Å². The number of aryl methyl sites for hydroxylation is 1. The zero-order valence-electron chi connectivity index (χ0n) is 16.7. The van der Waals surface area contributed by atoms with Crippen molar-refractivity contribution in [1.29, 1.82) is 0 Å². The molecule has 0 radical (unpaired) electrons. The van der Waals surface area contributed by atoms with Gasteiger partial charge in [-0.1, -0.05) is 44.7 Å². The number of aromatic nitrogens is 3. The first-order valence-electron chi connectivity index (χ1n) is 9.06. The number of nitrogens with zero attached hydrogens (tertiary/aromatic N) is 3. The molecule has 0 saturated heterocycles. The second-order valence-electron chi connectivity index (χ2n) is 7.83. The third-order valence-electron chi connectivity index (χ3n) is 4.50. The van der Waals surface area contributed by atoms with Gasteiger partial charge in [0.2, 0.25) is 5.89 Å². The Kier molecular flexibility index (Phi) is 5.74. The molecular formula is C21H24FN3O2S. The van der Waals surface area contributed by atoms with E-state index < -0.39 is 0 Å². The Hall–Kier alpha value is -2.41. The van der Waals surface area contributed by atoms with Gasteiger partial charge in [0.1, 0.15) is 5.82 Å². The van der Waals surface area contributed by atoms with Crippen molar-refractivity contribution in [3.05, 3.63) is 64.6 Å². The van der Waals surface area contributed by atoms with Gasteiger partial charge in [-0.3, -0.25) is 4.79 Å². The monoisotopic (exact) mass is 401 g/mol. The van der Waals surface area contributed by atoms with Gasteiger partial charge in [0.25, 0.3) is 5.22 Å². The Bertz CT molecular complexity index is 984. The third-order valence-corrected chi connectivity index (χ3v) is 5.32. The Labute approximate surface area is 168 Å². The smallest absolute Gasteiger partial charge is 0.277 e. The first-order chi connectivity index (χ1) is 13.1. The Morgan fingerprint density at radius 2 is 1.86 bits per heavy atom. The Morgan fingerprint density at radius 1 is 1.18 bits per heavy atom. The van der Waals surface area contributed by atoms with E-state index in [1.807, 2.05) is 40.7 Å². The summed E-state index contributed by atoms with van der Waals surface area (Å²) < 4.78 is 20.8. The van der Waals surface area contributed by atoms with Gasteiger partial charge in [-0.25, -0.2) is 4.39 Å². The molecule has 0 amide bonds. The van der Waals surface area contributed by atoms with E-state index in [-0.39, 0.29) is 22.8 Å². The normalized spacial score (nSPS) is 11.8. The maximum atomic E-state index is 13.1. The molecule has 5 nitrogen and oxygen atoms in total. The topological polar surface area (TPSA) is 60.9 Å². The maximum absolute atomic E-state index is 13.1. The number of hydrogen-bond acceptors (Lipinski definition) is 5. The van der Waals surface area contributed by atoms with Crippen molar-refractivity contribution in [2.75, 3.05) is 5.75 Å². The van der Waals surface area contributed by atoms with E-state index in [0.717, 1.165) is 17.0 Å². The largest absolute Gasteiger partial charge is 0.415 e. The van der Waals surface area contributed by atoms with Gasteiger partial charge < -0.3 is 8.98 Å². The number of benzene rings is 1. The lowest BCUT2D eigenvalue weighted by molar-refractivity contribution is 0.102. The molecule has 2 heterocycles. The van der Waals surface area contributed by atoms with Gasteiger partial charge in [-0.2, -0.15) is 0 Å². The van der Waals surface area contributed by atoms with Gasteiger partial charge in [0, 0.05) is 28.9 Å². The predicted molar refractivity (Wildman–Crippen MR) is 107 cm³/mol. The number of Topliss-reactive ketones (excluding diaryl/α,β-unsaturated/α-hetero) is 1. The molecule has 28 heavy (non-hydrogen) atoms. The molecule has 1 aromatic carbocycles. The average molecular weight is 402 g/mol. The highest BCUT2D eigenvalue weighted by atomic mass is 32.2. The number of hydrogen-bond donors (Lipinski definition) is 0. The number of ketones is 1. The first-order valence-corrected chi connectivity index (χ1v) is 10.0. The Morgan fingerprint density at radius 3 is 2.46 bits per heavy atom. The van der Waals surface area contributed by atoms with Crippen LogP contribution in [0, 0.1) is 19.7 Å². The molecule has 7 heteroatoms. The van der Waals surface area contributed by atoms with Crippen LogP contribution < -0.4 is 0 Å². The van der Waals surface area contributed by atoms with Crippen molar-refractivity contribution < 1.29 is 13.6 Å². The molecular weight excluding hydrogens is 377 g/mol. The molecule has 0 N–H and O–H groups in total. The van der Waals surface area contributed by atoms with E-state index >= 15 is 0 Å². The molecule has 148 valence electrons. The van der Waals surface area contributed by atoms with E-state index in [1.165, 1.54) is 23.9 Å². The van der Waals surface area contributed by atoms with Crippen molar-refractivity contribution in [3.8, 4) is 0 Å². The molecule has 0 aliphatic heterocycles. The summed E-state index contributed by atoms with van der Waals surface area (Å²) in [6.07, 6.45) is 0. The molecule has 0 atom stereocenters. The van der Waals surface area contributed by atoms with Gasteiger partial charge in [-0.15, -0.1) is 10.2 Å². The summed E-state index contributed by atoms with van der Waals surface area (Å²) in [4.78, 5) is 12.7. The minimum absolute atomic E-state index is 0.0129. The quantitative estimate of drug-likeness (QED) is 0.432. The number of thioether (sulfide) groups is 1. The molecule has 0 aliphatic rings. The highest BCUT2D eigenvalue weighted by Gasteiger charge is 2.22. The fourth-order valence-corrected chi connectivity index (χ4v) is 3.52. The summed E-state index contributed by atoms with van der Waals surface area (Å²) in [5.41, 5.74) is 3.33. The molecule has 0 fully saturated rings. The predicted octanol–water partition coefficient (Wildman–Crippen LogP) is 4.95. The summed E-state index contributed by atoms with van der Waals surface area (Å²) in [7, 11) is 0. The van der Waals surface area contributed by atoms with E-state index in [9.17, 15) is 9.18 Å². The average Bonchev–Trinajstić information content (AvgIpc) is 3.22. The summed E-state index contributed by atoms with van der Waals surface area (Å²) in [5.74, 6) is 0.541. The number of carbonyl (C=O) groups excluding carboxylic acids is 1. The SMILES string of the molecule is Cc1cc(C(=O)CSc2nnc(C(C)(C)C)o2)c(C)n1Cc1ccc(F)cc1. The lowest BCUT2D eigenvalue weighted by Crippen LogP contribution is -2.11. The van der Waals surface area contributed by atoms with E-state index in [4.69, 9.17) is 4.42 Å². The standard InChI is InChI=1S/C21H24FN3O2S/c1-13-10-17(14(2)25(13)11-15-6-8-16(22)9-7-15)18(26)12-28-20-24-23-19(27-20)21(3,4)5/h6-10H,11-12H2,1-5H3. The molecule has 3 rings (SSSR count). The van der Waals surface area contributed by atoms with Gasteiger partial charge in [0.05, 0.1) is 5.75 Å². The van der Waals surface area contributed by atoms with Crippen LogP contribution in [0.4, 0.5) is 4.39 Å². The van der Waals surface area contributed by atoms with Crippen LogP contribution in [0.5, 0.6) is 0 Å². The number of rotatable bonds is 6. The zero-order valence-corrected chi connectivity index (χ0v) is 17.6. The lowest BCUT2D eigenvalue weighted by atomic mass is 9.97. The lowest BCUT2D eigenvalue weighted by Gasteiger charge is -2.10. The van der Waals surface area contributed by atoms with Crippen LogP contribution in [0.1, 0.15) is 54.0 Å². The van der Waals surface area contributed by atoms with Crippen molar-refractivity contribution in [1.82, 2.24) is 14.8 Å². The first kappa shape index (κ1) is 20.3. The second kappa shape index (κ2) is 7.91. The molecule has 3 aromatic rings. The maximum Gasteiger partial charge on any atom is 0.277 e. The van der Waals surface area contributed by atoms with Crippen LogP contribution in [0.2, 0.25) is 0 Å². The molecule has 2 aromatic heterocycles. The second-order valence-corrected chi connectivity index (χ2v) is 8.76. The van der Waals surface area contributed by atoms with Crippen LogP contribution >= 0.6 is 11.8 Å². The van der Waals surface area contributed by atoms with Crippen molar-refractivity contribution in [2.24, 2.45) is 0 Å². The molecule has 0 spiro atoms. The van der Waals surface area contributed by atoms with E-state index in [1.54, 1.807) is 12.1 Å². The number of halogens is 1. The van der Waals surface area contributed by atoms with Gasteiger partial charge in [-0.05, 0) is 37.6 Å². The fraction of sp³-hybridized carbons (Fsp3) is 0.381. The summed E-state index contributed by atoms with van der Waals surface area (Å²) in [6, 6.07) is 8.31. The molecule has 0 unspecified atom stereocenters. The van der Waals surface area contributed by atoms with Crippen LogP contribution in [-0.2, 0) is 12.0 Å². The fourth-order valence-electron chi connectivity index (χ4n) is 2.88. The minimum atomic E-state index is -0.256. The third kappa shape index (κ3) is 4.52. The van der Waals surface area contributed by atoms with Crippen LogP contribution in [0.3, 0.4) is 0 Å². The number of carbonyl (C=O) groups is 1. The summed E-state index contributed by atoms with van der Waals surface area (Å²) in [6.45, 7) is 10.5. The van der Waals surface area contributed by atoms with E-state index in [2.05, 4.69) is 14.8 Å². The molecule has 0 saturated carbocycles. The molecule has 0 bridgehead atoms. The van der Waals surface area contributed by atoms with Gasteiger partial charge in [0.15, 0.2) is 5.78 Å². The van der Waals surface area contributed by atoms with Crippen LogP contribution in [-0.4, -0.2) is 26.3 Å². The minimum Gasteiger partial charge on any atom is -0.415 e. The van der Waals surface area contributed by atoms with Crippen LogP contribution in [0.25, 0.3) is 0 Å².